The molecule has 1 heterocycles. The number of ether oxygens (including phenoxy) is 1. The minimum absolute atomic E-state index is 0.0196. The predicted molar refractivity (Wildman–Crippen MR) is 88.5 cm³/mol. The van der Waals surface area contributed by atoms with E-state index in [0.717, 1.165) is 32.4 Å². The summed E-state index contributed by atoms with van der Waals surface area (Å²) in [6.45, 7) is 2.93. The Labute approximate surface area is 142 Å². The Morgan fingerprint density at radius 1 is 1.29 bits per heavy atom. The smallest absolute Gasteiger partial charge is 0.227 e. The standard InChI is InChI=1S/C18H25FN2O3/c1-24-17-6-5-13(11-14(17)19)12-18(23)21-9-7-20(8-10-21)15-3-2-4-16(15)22/h5-6,11,15-16,22H,2-4,7-10,12H2,1H3/t15-,16-/m1/s1. The van der Waals surface area contributed by atoms with Gasteiger partial charge in [0, 0.05) is 32.2 Å². The summed E-state index contributed by atoms with van der Waals surface area (Å²) in [7, 11) is 1.42. The molecule has 0 spiro atoms. The molecule has 132 valence electrons. The lowest BCUT2D eigenvalue weighted by molar-refractivity contribution is -0.132. The lowest BCUT2D eigenvalue weighted by Gasteiger charge is -2.39. The number of aliphatic hydroxyl groups excluding tert-OH is 1. The van der Waals surface area contributed by atoms with E-state index in [1.807, 2.05) is 4.90 Å². The Morgan fingerprint density at radius 2 is 2.04 bits per heavy atom. The van der Waals surface area contributed by atoms with E-state index < -0.39 is 5.82 Å². The lowest BCUT2D eigenvalue weighted by atomic mass is 10.1. The zero-order chi connectivity index (χ0) is 17.1. The van der Waals surface area contributed by atoms with Gasteiger partial charge in [-0.15, -0.1) is 0 Å². The zero-order valence-electron chi connectivity index (χ0n) is 14.1. The second-order valence-corrected chi connectivity index (χ2v) is 6.63. The number of benzene rings is 1. The van der Waals surface area contributed by atoms with Crippen LogP contribution >= 0.6 is 0 Å². The molecule has 2 atom stereocenters. The highest BCUT2D eigenvalue weighted by molar-refractivity contribution is 5.79. The van der Waals surface area contributed by atoms with Gasteiger partial charge in [-0.3, -0.25) is 9.69 Å². The van der Waals surface area contributed by atoms with E-state index in [4.69, 9.17) is 4.74 Å². The summed E-state index contributed by atoms with van der Waals surface area (Å²) in [5.41, 5.74) is 0.659. The molecule has 2 aliphatic rings. The first-order valence-electron chi connectivity index (χ1n) is 8.61. The van der Waals surface area contributed by atoms with Crippen LogP contribution in [0.5, 0.6) is 5.75 Å². The van der Waals surface area contributed by atoms with Gasteiger partial charge in [0.1, 0.15) is 0 Å². The molecule has 0 radical (unpaired) electrons. The van der Waals surface area contributed by atoms with Gasteiger partial charge in [-0.25, -0.2) is 4.39 Å². The van der Waals surface area contributed by atoms with Gasteiger partial charge >= 0.3 is 0 Å². The van der Waals surface area contributed by atoms with Crippen molar-refractivity contribution in [2.24, 2.45) is 0 Å². The molecule has 1 aliphatic carbocycles. The fourth-order valence-corrected chi connectivity index (χ4v) is 3.76. The molecule has 3 rings (SSSR count). The summed E-state index contributed by atoms with van der Waals surface area (Å²) in [6.07, 6.45) is 2.98. The minimum Gasteiger partial charge on any atom is -0.494 e. The van der Waals surface area contributed by atoms with Crippen molar-refractivity contribution in [3.8, 4) is 5.75 Å². The number of nitrogens with zero attached hydrogens (tertiary/aromatic N) is 2. The summed E-state index contributed by atoms with van der Waals surface area (Å²) in [4.78, 5) is 16.6. The van der Waals surface area contributed by atoms with E-state index in [2.05, 4.69) is 4.90 Å². The molecule has 1 aromatic rings. The van der Waals surface area contributed by atoms with Gasteiger partial charge in [0.05, 0.1) is 19.6 Å². The Bertz CT molecular complexity index is 588. The summed E-state index contributed by atoms with van der Waals surface area (Å²) < 4.78 is 18.6. The highest BCUT2D eigenvalue weighted by atomic mass is 19.1. The van der Waals surface area contributed by atoms with Crippen LogP contribution in [0.15, 0.2) is 18.2 Å². The molecule has 0 bridgehead atoms. The number of aliphatic hydroxyl groups is 1. The monoisotopic (exact) mass is 336 g/mol. The summed E-state index contributed by atoms with van der Waals surface area (Å²) in [5, 5.41) is 10.0. The maximum atomic E-state index is 13.7. The molecule has 1 N–H and O–H groups in total. The van der Waals surface area contributed by atoms with E-state index in [1.54, 1.807) is 12.1 Å². The second kappa shape index (κ2) is 7.49. The number of hydrogen-bond acceptors (Lipinski definition) is 4. The summed E-state index contributed by atoms with van der Waals surface area (Å²) in [5.74, 6) is -0.232. The number of methoxy groups -OCH3 is 1. The Kier molecular flexibility index (Phi) is 5.36. The third-order valence-corrected chi connectivity index (χ3v) is 5.15. The number of hydrogen-bond donors (Lipinski definition) is 1. The molecule has 0 unspecified atom stereocenters. The van der Waals surface area contributed by atoms with Gasteiger partial charge in [0.15, 0.2) is 11.6 Å². The van der Waals surface area contributed by atoms with Crippen molar-refractivity contribution in [3.63, 3.8) is 0 Å². The first-order valence-corrected chi connectivity index (χ1v) is 8.61. The van der Waals surface area contributed by atoms with E-state index >= 15 is 0 Å². The van der Waals surface area contributed by atoms with Crippen molar-refractivity contribution < 1.29 is 19.0 Å². The van der Waals surface area contributed by atoms with Gasteiger partial charge in [0.2, 0.25) is 5.91 Å². The number of amides is 1. The highest BCUT2D eigenvalue weighted by Crippen LogP contribution is 2.25. The van der Waals surface area contributed by atoms with Gasteiger partial charge in [-0.1, -0.05) is 6.07 Å². The first-order chi connectivity index (χ1) is 11.6. The fourth-order valence-electron chi connectivity index (χ4n) is 3.76. The molecule has 6 heteroatoms. The van der Waals surface area contributed by atoms with Crippen LogP contribution in [0.4, 0.5) is 4.39 Å². The number of piperazine rings is 1. The number of carbonyl (C=O) groups is 1. The van der Waals surface area contributed by atoms with Crippen molar-refractivity contribution in [2.45, 2.75) is 37.8 Å². The molecule has 0 aromatic heterocycles. The fraction of sp³-hybridized carbons (Fsp3) is 0.611. The van der Waals surface area contributed by atoms with E-state index in [9.17, 15) is 14.3 Å². The first kappa shape index (κ1) is 17.2. The summed E-state index contributed by atoms with van der Waals surface area (Å²) in [6, 6.07) is 4.89. The second-order valence-electron chi connectivity index (χ2n) is 6.63. The van der Waals surface area contributed by atoms with Crippen molar-refractivity contribution in [3.05, 3.63) is 29.6 Å². The maximum Gasteiger partial charge on any atom is 0.227 e. The van der Waals surface area contributed by atoms with Gasteiger partial charge in [-0.05, 0) is 37.0 Å². The van der Waals surface area contributed by atoms with Crippen molar-refractivity contribution in [2.75, 3.05) is 33.3 Å². The highest BCUT2D eigenvalue weighted by Gasteiger charge is 2.33. The van der Waals surface area contributed by atoms with E-state index in [-0.39, 0.29) is 30.2 Å². The quantitative estimate of drug-likeness (QED) is 0.904. The maximum absolute atomic E-state index is 13.7. The predicted octanol–water partition coefficient (Wildman–Crippen LogP) is 1.43. The van der Waals surface area contributed by atoms with Crippen LogP contribution in [-0.2, 0) is 11.2 Å². The average Bonchev–Trinajstić information content (AvgIpc) is 3.01. The topological polar surface area (TPSA) is 53.0 Å². The van der Waals surface area contributed by atoms with Gasteiger partial charge in [0.25, 0.3) is 0 Å². The number of carbonyl (C=O) groups excluding carboxylic acids is 1. The Morgan fingerprint density at radius 3 is 2.62 bits per heavy atom. The zero-order valence-corrected chi connectivity index (χ0v) is 14.1. The third kappa shape index (κ3) is 3.70. The van der Waals surface area contributed by atoms with Crippen molar-refractivity contribution in [1.82, 2.24) is 9.80 Å². The molecule has 1 saturated carbocycles. The third-order valence-electron chi connectivity index (χ3n) is 5.15. The van der Waals surface area contributed by atoms with Crippen LogP contribution in [-0.4, -0.2) is 66.2 Å². The molecule has 1 aromatic carbocycles. The molecule has 5 nitrogen and oxygen atoms in total. The van der Waals surface area contributed by atoms with Gasteiger partial charge < -0.3 is 14.7 Å². The summed E-state index contributed by atoms with van der Waals surface area (Å²) >= 11 is 0. The molecule has 1 aliphatic heterocycles. The van der Waals surface area contributed by atoms with Gasteiger partial charge in [-0.2, -0.15) is 0 Å². The van der Waals surface area contributed by atoms with Crippen LogP contribution in [0.3, 0.4) is 0 Å². The molecule has 1 amide bonds. The van der Waals surface area contributed by atoms with Crippen LogP contribution < -0.4 is 4.74 Å². The van der Waals surface area contributed by atoms with Crippen molar-refractivity contribution >= 4 is 5.91 Å². The molecular weight excluding hydrogens is 311 g/mol. The molecule has 24 heavy (non-hydrogen) atoms. The average molecular weight is 336 g/mol. The molecule has 2 fully saturated rings. The number of rotatable bonds is 4. The van der Waals surface area contributed by atoms with Crippen molar-refractivity contribution in [1.29, 1.82) is 0 Å². The largest absolute Gasteiger partial charge is 0.494 e. The van der Waals surface area contributed by atoms with E-state index in [1.165, 1.54) is 13.2 Å². The number of halogens is 1. The Hall–Kier alpha value is -1.66. The van der Waals surface area contributed by atoms with Crippen LogP contribution in [0.1, 0.15) is 24.8 Å². The van der Waals surface area contributed by atoms with Crippen LogP contribution in [0, 0.1) is 5.82 Å². The van der Waals surface area contributed by atoms with Crippen LogP contribution in [0.25, 0.3) is 0 Å². The van der Waals surface area contributed by atoms with Crippen LogP contribution in [0.2, 0.25) is 0 Å². The lowest BCUT2D eigenvalue weighted by Crippen LogP contribution is -2.53. The minimum atomic E-state index is -0.442. The normalized spacial score (nSPS) is 25.0. The molecule has 1 saturated heterocycles. The SMILES string of the molecule is COc1ccc(CC(=O)N2CCN([C@@H]3CCC[C@H]3O)CC2)cc1F. The molecular formula is C18H25FN2O3. The Balaban J connectivity index is 1.52. The van der Waals surface area contributed by atoms with E-state index in [0.29, 0.717) is 18.7 Å².